The Hall–Kier alpha value is -1.88. The maximum absolute atomic E-state index is 11.1. The normalized spacial score (nSPS) is 10.1. The highest BCUT2D eigenvalue weighted by Crippen LogP contribution is 2.25. The summed E-state index contributed by atoms with van der Waals surface area (Å²) in [5.74, 6) is -1.00. The van der Waals surface area contributed by atoms with Crippen molar-refractivity contribution in [3.8, 4) is 0 Å². The van der Waals surface area contributed by atoms with E-state index in [0.717, 1.165) is 15.7 Å². The van der Waals surface area contributed by atoms with Gasteiger partial charge in [-0.3, -0.25) is 4.98 Å². The molecule has 0 spiro atoms. The van der Waals surface area contributed by atoms with Gasteiger partial charge in [0.15, 0.2) is 0 Å². The number of hydrogen-bond donors (Lipinski definition) is 2. The summed E-state index contributed by atoms with van der Waals surface area (Å²) >= 11 is 3.39. The number of nitrogens with one attached hydrogen (secondary N) is 1. The first kappa shape index (κ1) is 12.6. The van der Waals surface area contributed by atoms with E-state index in [9.17, 15) is 4.79 Å². The predicted octanol–water partition coefficient (Wildman–Crippen LogP) is 3.59. The minimum Gasteiger partial charge on any atom is -0.478 e. The Morgan fingerprint density at radius 3 is 2.83 bits per heavy atom. The van der Waals surface area contributed by atoms with Gasteiger partial charge >= 0.3 is 5.97 Å². The Bertz CT molecular complexity index is 599. The van der Waals surface area contributed by atoms with E-state index in [1.807, 2.05) is 25.1 Å². The smallest absolute Gasteiger partial charge is 0.339 e. The van der Waals surface area contributed by atoms with Crippen molar-refractivity contribution >= 4 is 33.3 Å². The zero-order valence-corrected chi connectivity index (χ0v) is 11.2. The number of aromatic carboxylic acids is 1. The minimum absolute atomic E-state index is 0.150. The SMILES string of the molecule is Cc1ccc(Br)cc1Nc1ccncc1C(=O)O. The highest BCUT2D eigenvalue weighted by molar-refractivity contribution is 9.10. The Balaban J connectivity index is 2.40. The fourth-order valence-electron chi connectivity index (χ4n) is 1.55. The second kappa shape index (κ2) is 5.18. The molecule has 0 aliphatic heterocycles. The minimum atomic E-state index is -1.00. The lowest BCUT2D eigenvalue weighted by Crippen LogP contribution is -2.03. The number of aromatic nitrogens is 1. The van der Waals surface area contributed by atoms with E-state index < -0.39 is 5.97 Å². The van der Waals surface area contributed by atoms with Crippen LogP contribution in [0, 0.1) is 6.92 Å². The third-order valence-corrected chi connectivity index (χ3v) is 3.01. The number of carboxylic acids is 1. The van der Waals surface area contributed by atoms with E-state index in [1.54, 1.807) is 12.3 Å². The van der Waals surface area contributed by atoms with Crippen LogP contribution in [0.1, 0.15) is 15.9 Å². The second-order valence-corrected chi connectivity index (χ2v) is 4.73. The third-order valence-electron chi connectivity index (χ3n) is 2.52. The number of benzene rings is 1. The molecular formula is C13H11BrN2O2. The van der Waals surface area contributed by atoms with E-state index >= 15 is 0 Å². The number of halogens is 1. The van der Waals surface area contributed by atoms with Crippen LogP contribution < -0.4 is 5.32 Å². The molecular weight excluding hydrogens is 296 g/mol. The Kier molecular flexibility index (Phi) is 3.62. The van der Waals surface area contributed by atoms with Crippen molar-refractivity contribution in [3.05, 3.63) is 52.3 Å². The molecule has 0 saturated carbocycles. The molecule has 2 rings (SSSR count). The molecule has 0 bridgehead atoms. The van der Waals surface area contributed by atoms with Crippen molar-refractivity contribution in [2.75, 3.05) is 5.32 Å². The van der Waals surface area contributed by atoms with Gasteiger partial charge in [0, 0.05) is 22.6 Å². The molecule has 2 N–H and O–H groups in total. The fraction of sp³-hybridized carbons (Fsp3) is 0.0769. The molecule has 0 atom stereocenters. The molecule has 18 heavy (non-hydrogen) atoms. The van der Waals surface area contributed by atoms with Crippen LogP contribution >= 0.6 is 15.9 Å². The molecule has 0 aliphatic rings. The predicted molar refractivity (Wildman–Crippen MR) is 73.4 cm³/mol. The molecule has 0 aliphatic carbocycles. The first-order valence-corrected chi connectivity index (χ1v) is 6.07. The largest absolute Gasteiger partial charge is 0.478 e. The van der Waals surface area contributed by atoms with Crippen molar-refractivity contribution in [1.82, 2.24) is 4.98 Å². The average molecular weight is 307 g/mol. The fourth-order valence-corrected chi connectivity index (χ4v) is 1.91. The molecule has 4 nitrogen and oxygen atoms in total. The molecule has 0 saturated heterocycles. The van der Waals surface area contributed by atoms with Crippen LogP contribution in [-0.4, -0.2) is 16.1 Å². The van der Waals surface area contributed by atoms with E-state index in [2.05, 4.69) is 26.2 Å². The molecule has 0 unspecified atom stereocenters. The number of aryl methyl sites for hydroxylation is 1. The molecule has 1 aromatic heterocycles. The lowest BCUT2D eigenvalue weighted by atomic mass is 10.1. The number of carbonyl (C=O) groups is 1. The summed E-state index contributed by atoms with van der Waals surface area (Å²) in [5, 5.41) is 12.2. The summed E-state index contributed by atoms with van der Waals surface area (Å²) in [5.41, 5.74) is 2.57. The Labute approximate surface area is 113 Å². The van der Waals surface area contributed by atoms with Gasteiger partial charge in [-0.05, 0) is 30.7 Å². The molecule has 5 heteroatoms. The lowest BCUT2D eigenvalue weighted by Gasteiger charge is -2.11. The number of carboxylic acid groups (broad SMARTS) is 1. The van der Waals surface area contributed by atoms with Gasteiger partial charge in [0.2, 0.25) is 0 Å². The van der Waals surface area contributed by atoms with E-state index in [4.69, 9.17) is 5.11 Å². The van der Waals surface area contributed by atoms with Gasteiger partial charge in [-0.25, -0.2) is 4.79 Å². The lowest BCUT2D eigenvalue weighted by molar-refractivity contribution is 0.0697. The van der Waals surface area contributed by atoms with Crippen LogP contribution in [0.3, 0.4) is 0 Å². The van der Waals surface area contributed by atoms with Crippen molar-refractivity contribution in [1.29, 1.82) is 0 Å². The highest BCUT2D eigenvalue weighted by Gasteiger charge is 2.10. The zero-order chi connectivity index (χ0) is 13.1. The van der Waals surface area contributed by atoms with Crippen molar-refractivity contribution in [2.45, 2.75) is 6.92 Å². The summed E-state index contributed by atoms with van der Waals surface area (Å²) < 4.78 is 0.932. The Morgan fingerprint density at radius 2 is 2.11 bits per heavy atom. The van der Waals surface area contributed by atoms with Gasteiger partial charge in [0.25, 0.3) is 0 Å². The number of hydrogen-bond acceptors (Lipinski definition) is 3. The van der Waals surface area contributed by atoms with Crippen molar-refractivity contribution in [3.63, 3.8) is 0 Å². The summed E-state index contributed by atoms with van der Waals surface area (Å²) in [6, 6.07) is 7.43. The number of pyridine rings is 1. The van der Waals surface area contributed by atoms with Crippen LogP contribution in [0.15, 0.2) is 41.1 Å². The average Bonchev–Trinajstić information content (AvgIpc) is 2.34. The number of rotatable bonds is 3. The summed E-state index contributed by atoms with van der Waals surface area (Å²) in [6.45, 7) is 1.95. The van der Waals surface area contributed by atoms with Gasteiger partial charge in [-0.15, -0.1) is 0 Å². The van der Waals surface area contributed by atoms with Crippen LogP contribution in [0.2, 0.25) is 0 Å². The third kappa shape index (κ3) is 2.68. The zero-order valence-electron chi connectivity index (χ0n) is 9.64. The number of nitrogens with zero attached hydrogens (tertiary/aromatic N) is 1. The monoisotopic (exact) mass is 306 g/mol. The van der Waals surface area contributed by atoms with Gasteiger partial charge in [0.05, 0.1) is 5.69 Å². The van der Waals surface area contributed by atoms with Crippen LogP contribution in [0.25, 0.3) is 0 Å². The molecule has 92 valence electrons. The van der Waals surface area contributed by atoms with Crippen LogP contribution in [0.4, 0.5) is 11.4 Å². The van der Waals surface area contributed by atoms with Crippen molar-refractivity contribution < 1.29 is 9.90 Å². The van der Waals surface area contributed by atoms with Gasteiger partial charge in [0.1, 0.15) is 5.56 Å². The molecule has 2 aromatic rings. The molecule has 0 amide bonds. The molecule has 0 radical (unpaired) electrons. The summed E-state index contributed by atoms with van der Waals surface area (Å²) in [4.78, 5) is 14.9. The maximum Gasteiger partial charge on any atom is 0.339 e. The van der Waals surface area contributed by atoms with Gasteiger partial charge in [-0.2, -0.15) is 0 Å². The van der Waals surface area contributed by atoms with E-state index in [-0.39, 0.29) is 5.56 Å². The van der Waals surface area contributed by atoms with Gasteiger partial charge in [-0.1, -0.05) is 22.0 Å². The maximum atomic E-state index is 11.1. The van der Waals surface area contributed by atoms with E-state index in [0.29, 0.717) is 5.69 Å². The standard InChI is InChI=1S/C13H11BrN2O2/c1-8-2-3-9(14)6-12(8)16-11-4-5-15-7-10(11)13(17)18/h2-7H,1H3,(H,15,16)(H,17,18). The van der Waals surface area contributed by atoms with Crippen LogP contribution in [0.5, 0.6) is 0 Å². The van der Waals surface area contributed by atoms with E-state index in [1.165, 1.54) is 6.20 Å². The van der Waals surface area contributed by atoms with Gasteiger partial charge < -0.3 is 10.4 Å². The number of anilines is 2. The molecule has 0 fully saturated rings. The molecule has 1 aromatic carbocycles. The summed E-state index contributed by atoms with van der Waals surface area (Å²) in [7, 11) is 0. The Morgan fingerprint density at radius 1 is 1.33 bits per heavy atom. The first-order valence-electron chi connectivity index (χ1n) is 5.28. The van der Waals surface area contributed by atoms with Crippen molar-refractivity contribution in [2.24, 2.45) is 0 Å². The summed E-state index contributed by atoms with van der Waals surface area (Å²) in [6.07, 6.45) is 2.89. The second-order valence-electron chi connectivity index (χ2n) is 3.81. The topological polar surface area (TPSA) is 62.2 Å². The van der Waals surface area contributed by atoms with Crippen LogP contribution in [-0.2, 0) is 0 Å². The first-order chi connectivity index (χ1) is 8.58. The highest BCUT2D eigenvalue weighted by atomic mass is 79.9. The quantitative estimate of drug-likeness (QED) is 0.909. The molecule has 1 heterocycles.